The zero-order valence-electron chi connectivity index (χ0n) is 20.5. The lowest BCUT2D eigenvalue weighted by Gasteiger charge is -2.13. The van der Waals surface area contributed by atoms with Gasteiger partial charge in [-0.25, -0.2) is 0 Å². The summed E-state index contributed by atoms with van der Waals surface area (Å²) in [4.78, 5) is 26.5. The van der Waals surface area contributed by atoms with E-state index in [4.69, 9.17) is 32.7 Å². The molecule has 10 heteroatoms. The third-order valence-corrected chi connectivity index (χ3v) is 6.70. The summed E-state index contributed by atoms with van der Waals surface area (Å²) in [5.74, 6) is 1.30. The van der Waals surface area contributed by atoms with Crippen molar-refractivity contribution in [3.8, 4) is 11.5 Å². The van der Waals surface area contributed by atoms with Crippen LogP contribution in [0.5, 0.6) is 11.5 Å². The monoisotopic (exact) mass is 548 g/mol. The summed E-state index contributed by atoms with van der Waals surface area (Å²) in [6.45, 7) is 8.72. The molecule has 0 unspecified atom stereocenters. The summed E-state index contributed by atoms with van der Waals surface area (Å²) < 4.78 is 10.5. The molecule has 190 valence electrons. The topological polar surface area (TPSA) is 76.7 Å². The largest absolute Gasteiger partial charge is 0.497 e. The van der Waals surface area contributed by atoms with Gasteiger partial charge in [-0.15, -0.1) is 23.2 Å². The Morgan fingerprint density at radius 3 is 1.38 bits per heavy atom. The number of hydrogen-bond donors (Lipinski definition) is 2. The van der Waals surface area contributed by atoms with Crippen LogP contribution in [0.1, 0.15) is 48.4 Å². The molecule has 2 aromatic carbocycles. The lowest BCUT2D eigenvalue weighted by atomic mass is 10.2. The van der Waals surface area contributed by atoms with Gasteiger partial charge in [-0.1, -0.05) is 49.3 Å². The summed E-state index contributed by atoms with van der Waals surface area (Å²) in [7, 11) is 5.83. The molecule has 0 aliphatic rings. The summed E-state index contributed by atoms with van der Waals surface area (Å²) >= 11 is 11.4. The van der Waals surface area contributed by atoms with Crippen LogP contribution in [0.2, 0.25) is 0 Å². The Hall–Kier alpha value is -1.74. The second-order valence-corrected chi connectivity index (χ2v) is 8.75. The summed E-state index contributed by atoms with van der Waals surface area (Å²) in [6.07, 6.45) is 0. The number of rotatable bonds is 11. The van der Waals surface area contributed by atoms with E-state index in [2.05, 4.69) is 10.6 Å². The van der Waals surface area contributed by atoms with E-state index in [0.29, 0.717) is 47.5 Å². The number of halogens is 2. The van der Waals surface area contributed by atoms with E-state index in [1.807, 2.05) is 39.8 Å². The Kier molecular flexibility index (Phi) is 18.6. The minimum Gasteiger partial charge on any atom is -0.497 e. The fourth-order valence-corrected chi connectivity index (χ4v) is 4.88. The molecule has 0 saturated carbocycles. The Labute approximate surface area is 221 Å². The number of nitrogens with one attached hydrogen (secondary N) is 2. The summed E-state index contributed by atoms with van der Waals surface area (Å²) in [5, 5.41) is 5.53. The van der Waals surface area contributed by atoms with Crippen LogP contribution in [0.4, 0.5) is 0 Å². The molecule has 2 N–H and O–H groups in total. The summed E-state index contributed by atoms with van der Waals surface area (Å²) in [5.41, 5.74) is 0.942. The predicted molar refractivity (Wildman–Crippen MR) is 147 cm³/mol. The van der Waals surface area contributed by atoms with Gasteiger partial charge in [0.25, 0.3) is 11.8 Å². The van der Waals surface area contributed by atoms with Gasteiger partial charge in [0.1, 0.15) is 11.5 Å². The lowest BCUT2D eigenvalue weighted by Crippen LogP contribution is -2.26. The SMILES string of the molecule is CC.CC.COc1ccc(SSc2ccc(OC)cc2C(=O)NCCCl)c(C(=O)NCCCl)c1. The quantitative estimate of drug-likeness (QED) is 0.246. The maximum absolute atomic E-state index is 12.5. The molecule has 0 aliphatic heterocycles. The smallest absolute Gasteiger partial charge is 0.252 e. The number of carbonyl (C=O) groups excluding carboxylic acids is 2. The van der Waals surface area contributed by atoms with Gasteiger partial charge in [0.2, 0.25) is 0 Å². The molecular formula is C24H34Cl2N2O4S2. The predicted octanol–water partition coefficient (Wildman–Crippen LogP) is 6.49. The Morgan fingerprint density at radius 2 is 1.09 bits per heavy atom. The first-order valence-electron chi connectivity index (χ1n) is 10.9. The number of alkyl halides is 2. The van der Waals surface area contributed by atoms with Crippen LogP contribution >= 0.6 is 44.8 Å². The average Bonchev–Trinajstić information content (AvgIpc) is 2.91. The van der Waals surface area contributed by atoms with Crippen LogP contribution < -0.4 is 20.1 Å². The number of amides is 2. The van der Waals surface area contributed by atoms with E-state index in [9.17, 15) is 9.59 Å². The Morgan fingerprint density at radius 1 is 0.735 bits per heavy atom. The second kappa shape index (κ2) is 19.6. The van der Waals surface area contributed by atoms with E-state index in [0.717, 1.165) is 9.79 Å². The van der Waals surface area contributed by atoms with Gasteiger partial charge in [0.15, 0.2) is 0 Å². The van der Waals surface area contributed by atoms with Crippen LogP contribution in [0, 0.1) is 0 Å². The number of hydrogen-bond acceptors (Lipinski definition) is 6. The molecule has 0 fully saturated rings. The van der Waals surface area contributed by atoms with Gasteiger partial charge in [-0.3, -0.25) is 9.59 Å². The fourth-order valence-electron chi connectivity index (χ4n) is 2.37. The molecule has 0 heterocycles. The van der Waals surface area contributed by atoms with Crippen molar-refractivity contribution in [3.05, 3.63) is 47.5 Å². The molecule has 0 aliphatic carbocycles. The first kappa shape index (κ1) is 32.3. The van der Waals surface area contributed by atoms with Gasteiger partial charge in [-0.2, -0.15) is 0 Å². The van der Waals surface area contributed by atoms with Gasteiger partial charge in [-0.05, 0) is 36.4 Å². The molecule has 0 spiro atoms. The standard InChI is InChI=1S/C20H22Cl2N2O4S2.2C2H6/c1-27-13-3-5-17(15(11-13)19(25)23-9-7-21)29-30-18-6-4-14(28-2)12-16(18)20(26)24-10-8-22;2*1-2/h3-6,11-12H,7-10H2,1-2H3,(H,23,25)(H,24,26);2*1-2H3. The Balaban J connectivity index is 0.00000258. The van der Waals surface area contributed by atoms with E-state index in [1.165, 1.54) is 21.6 Å². The van der Waals surface area contributed by atoms with Crippen molar-refractivity contribution in [2.24, 2.45) is 0 Å². The highest BCUT2D eigenvalue weighted by Crippen LogP contribution is 2.42. The van der Waals surface area contributed by atoms with E-state index >= 15 is 0 Å². The van der Waals surface area contributed by atoms with Crippen molar-refractivity contribution < 1.29 is 19.1 Å². The maximum atomic E-state index is 12.5. The van der Waals surface area contributed by atoms with Gasteiger partial charge in [0.05, 0.1) is 25.3 Å². The molecule has 0 radical (unpaired) electrons. The molecule has 0 aromatic heterocycles. The van der Waals surface area contributed by atoms with Crippen LogP contribution in [0.25, 0.3) is 0 Å². The van der Waals surface area contributed by atoms with Crippen LogP contribution in [-0.2, 0) is 0 Å². The third-order valence-electron chi connectivity index (χ3n) is 3.84. The number of ether oxygens (including phenoxy) is 2. The zero-order chi connectivity index (χ0) is 25.9. The average molecular weight is 550 g/mol. The Bertz CT molecular complexity index is 815. The summed E-state index contributed by atoms with van der Waals surface area (Å²) in [6, 6.07) is 10.5. The van der Waals surface area contributed by atoms with Gasteiger partial charge >= 0.3 is 0 Å². The van der Waals surface area contributed by atoms with Crippen molar-refractivity contribution >= 4 is 56.6 Å². The number of carbonyl (C=O) groups is 2. The molecule has 0 bridgehead atoms. The fraction of sp³-hybridized carbons (Fsp3) is 0.417. The molecule has 6 nitrogen and oxygen atoms in total. The maximum Gasteiger partial charge on any atom is 0.252 e. The van der Waals surface area contributed by atoms with Gasteiger partial charge < -0.3 is 20.1 Å². The number of benzene rings is 2. The van der Waals surface area contributed by atoms with Crippen LogP contribution in [0.3, 0.4) is 0 Å². The van der Waals surface area contributed by atoms with Crippen molar-refractivity contribution in [2.45, 2.75) is 37.5 Å². The molecule has 2 aromatic rings. The molecule has 2 rings (SSSR count). The molecule has 0 saturated heterocycles. The lowest BCUT2D eigenvalue weighted by molar-refractivity contribution is 0.0944. The number of methoxy groups -OCH3 is 2. The van der Waals surface area contributed by atoms with Crippen LogP contribution in [-0.4, -0.2) is 50.9 Å². The molecule has 2 amide bonds. The first-order chi connectivity index (χ1) is 16.5. The van der Waals surface area contributed by atoms with Crippen LogP contribution in [0.15, 0.2) is 46.2 Å². The van der Waals surface area contributed by atoms with Crippen molar-refractivity contribution in [1.29, 1.82) is 0 Å². The highest BCUT2D eigenvalue weighted by atomic mass is 35.5. The molecule has 0 atom stereocenters. The first-order valence-corrected chi connectivity index (χ1v) is 14.1. The van der Waals surface area contributed by atoms with Crippen molar-refractivity contribution in [2.75, 3.05) is 39.1 Å². The van der Waals surface area contributed by atoms with E-state index < -0.39 is 0 Å². The van der Waals surface area contributed by atoms with E-state index in [1.54, 1.807) is 38.5 Å². The van der Waals surface area contributed by atoms with Gasteiger partial charge in [0, 0.05) is 34.6 Å². The highest BCUT2D eigenvalue weighted by molar-refractivity contribution is 8.76. The normalized spacial score (nSPS) is 9.53. The van der Waals surface area contributed by atoms with E-state index in [-0.39, 0.29) is 11.8 Å². The molecular weight excluding hydrogens is 515 g/mol. The third kappa shape index (κ3) is 10.7. The highest BCUT2D eigenvalue weighted by Gasteiger charge is 2.17. The minimum absolute atomic E-state index is 0.243. The minimum atomic E-state index is -0.243. The van der Waals surface area contributed by atoms with Crippen molar-refractivity contribution in [1.82, 2.24) is 10.6 Å². The second-order valence-electron chi connectivity index (χ2n) is 5.78. The molecule has 34 heavy (non-hydrogen) atoms. The zero-order valence-corrected chi connectivity index (χ0v) is 23.6. The van der Waals surface area contributed by atoms with Crippen molar-refractivity contribution in [3.63, 3.8) is 0 Å².